The van der Waals surface area contributed by atoms with E-state index in [0.717, 1.165) is 0 Å². The molecule has 0 aromatic carbocycles. The van der Waals surface area contributed by atoms with Gasteiger partial charge < -0.3 is 5.32 Å². The van der Waals surface area contributed by atoms with Crippen LogP contribution in [0.5, 0.6) is 0 Å². The minimum absolute atomic E-state index is 0.256. The summed E-state index contributed by atoms with van der Waals surface area (Å²) in [6.07, 6.45) is -5.99. The summed E-state index contributed by atoms with van der Waals surface area (Å²) in [6, 6.07) is -1.40. The van der Waals surface area contributed by atoms with Gasteiger partial charge in [0, 0.05) is 0 Å². The van der Waals surface area contributed by atoms with Gasteiger partial charge in [0.25, 0.3) is 0 Å². The van der Waals surface area contributed by atoms with Crippen LogP contribution < -0.4 is 5.32 Å². The van der Waals surface area contributed by atoms with Gasteiger partial charge in [0.15, 0.2) is 5.78 Å². The fourth-order valence-corrected chi connectivity index (χ4v) is 1.41. The highest BCUT2D eigenvalue weighted by atomic mass is 79.9. The van der Waals surface area contributed by atoms with E-state index in [1.54, 1.807) is 0 Å². The summed E-state index contributed by atoms with van der Waals surface area (Å²) < 4.78 is 61.1. The summed E-state index contributed by atoms with van der Waals surface area (Å²) in [5, 5.41) is 1.17. The molecule has 0 aliphatic carbocycles. The highest BCUT2D eigenvalue weighted by Gasteiger charge is 2.63. The van der Waals surface area contributed by atoms with Crippen molar-refractivity contribution in [3.05, 3.63) is 0 Å². The van der Waals surface area contributed by atoms with Crippen LogP contribution in [0.3, 0.4) is 0 Å². The summed E-state index contributed by atoms with van der Waals surface area (Å²) in [5.41, 5.74) is 0. The molecule has 0 spiro atoms. The van der Waals surface area contributed by atoms with Gasteiger partial charge in [-0.15, -0.1) is 0 Å². The van der Waals surface area contributed by atoms with E-state index < -0.39 is 35.7 Å². The first-order valence-electron chi connectivity index (χ1n) is 4.79. The molecule has 0 radical (unpaired) electrons. The van der Waals surface area contributed by atoms with Crippen molar-refractivity contribution >= 4 is 27.6 Å². The van der Waals surface area contributed by atoms with Crippen LogP contribution in [0.25, 0.3) is 0 Å². The molecule has 0 bridgehead atoms. The third-order valence-corrected chi connectivity index (χ3v) is 2.63. The second kappa shape index (κ2) is 5.94. The van der Waals surface area contributed by atoms with Gasteiger partial charge in [0.1, 0.15) is 0 Å². The van der Waals surface area contributed by atoms with Crippen LogP contribution in [0.2, 0.25) is 0 Å². The summed E-state index contributed by atoms with van der Waals surface area (Å²) >= 11 is 2.75. The molecule has 0 saturated carbocycles. The molecular formula is C9H11BrF5NO2. The molecule has 0 rings (SSSR count). The van der Waals surface area contributed by atoms with Crippen molar-refractivity contribution in [3.8, 4) is 0 Å². The molecule has 1 amide bonds. The quantitative estimate of drug-likeness (QED) is 0.617. The lowest BCUT2D eigenvalue weighted by Gasteiger charge is -2.24. The molecule has 0 heterocycles. The molecule has 0 aliphatic heterocycles. The minimum atomic E-state index is -5.99. The largest absolute Gasteiger partial charge is 0.463 e. The van der Waals surface area contributed by atoms with Crippen molar-refractivity contribution in [2.45, 2.75) is 32.0 Å². The molecular weight excluding hydrogens is 329 g/mol. The van der Waals surface area contributed by atoms with E-state index in [9.17, 15) is 31.5 Å². The number of rotatable bonds is 5. The monoisotopic (exact) mass is 339 g/mol. The lowest BCUT2D eigenvalue weighted by atomic mass is 10.0. The van der Waals surface area contributed by atoms with Crippen LogP contribution in [0.15, 0.2) is 0 Å². The Morgan fingerprint density at radius 1 is 1.17 bits per heavy atom. The molecule has 1 unspecified atom stereocenters. The van der Waals surface area contributed by atoms with Crippen LogP contribution in [0.1, 0.15) is 13.8 Å². The second-order valence-electron chi connectivity index (χ2n) is 3.87. The first kappa shape index (κ1) is 17.3. The van der Waals surface area contributed by atoms with E-state index in [1.807, 2.05) is 0 Å². The summed E-state index contributed by atoms with van der Waals surface area (Å²) in [4.78, 5) is 22.2. The Morgan fingerprint density at radius 3 is 1.89 bits per heavy atom. The zero-order chi connectivity index (χ0) is 14.7. The number of halogens is 6. The SMILES string of the molecule is CC(C)C(NC(=O)C(F)(F)C(F)(F)F)C(=O)CBr. The molecule has 0 fully saturated rings. The van der Waals surface area contributed by atoms with Crippen LogP contribution >= 0.6 is 15.9 Å². The predicted octanol–water partition coefficient (Wildman–Crippen LogP) is 2.29. The second-order valence-corrected chi connectivity index (χ2v) is 4.43. The van der Waals surface area contributed by atoms with E-state index in [0.29, 0.717) is 0 Å². The van der Waals surface area contributed by atoms with Crippen molar-refractivity contribution in [2.24, 2.45) is 5.92 Å². The zero-order valence-electron chi connectivity index (χ0n) is 9.45. The number of hydrogen-bond acceptors (Lipinski definition) is 2. The summed E-state index contributed by atoms with van der Waals surface area (Å²) in [6.45, 7) is 2.83. The Labute approximate surface area is 108 Å². The van der Waals surface area contributed by atoms with E-state index >= 15 is 0 Å². The first-order valence-corrected chi connectivity index (χ1v) is 5.91. The molecule has 106 valence electrons. The Bertz CT molecular complexity index is 329. The van der Waals surface area contributed by atoms with E-state index in [1.165, 1.54) is 19.2 Å². The van der Waals surface area contributed by atoms with Gasteiger partial charge in [-0.2, -0.15) is 22.0 Å². The number of Topliss-reactive ketones (excluding diaryl/α,β-unsaturated/α-hetero) is 1. The third kappa shape index (κ3) is 3.89. The van der Waals surface area contributed by atoms with Crippen molar-refractivity contribution in [2.75, 3.05) is 5.33 Å². The van der Waals surface area contributed by atoms with Crippen molar-refractivity contribution < 1.29 is 31.5 Å². The lowest BCUT2D eigenvalue weighted by Crippen LogP contribution is -2.56. The van der Waals surface area contributed by atoms with Gasteiger partial charge in [-0.1, -0.05) is 29.8 Å². The lowest BCUT2D eigenvalue weighted by molar-refractivity contribution is -0.270. The number of amides is 1. The molecule has 0 saturated heterocycles. The fourth-order valence-electron chi connectivity index (χ4n) is 1.06. The number of carbonyl (C=O) groups is 2. The fraction of sp³-hybridized carbons (Fsp3) is 0.778. The maximum Gasteiger partial charge on any atom is 0.463 e. The molecule has 3 nitrogen and oxygen atoms in total. The number of nitrogens with one attached hydrogen (secondary N) is 1. The average Bonchev–Trinajstić information content (AvgIpc) is 2.22. The third-order valence-electron chi connectivity index (χ3n) is 2.07. The van der Waals surface area contributed by atoms with E-state index in [2.05, 4.69) is 15.9 Å². The Kier molecular flexibility index (Phi) is 5.70. The molecule has 1 N–H and O–H groups in total. The van der Waals surface area contributed by atoms with Gasteiger partial charge in [0.2, 0.25) is 0 Å². The van der Waals surface area contributed by atoms with Gasteiger partial charge in [0.05, 0.1) is 11.4 Å². The summed E-state index contributed by atoms with van der Waals surface area (Å²) in [5.74, 6) is -9.34. The molecule has 0 aromatic heterocycles. The molecule has 0 aromatic rings. The number of carbonyl (C=O) groups excluding carboxylic acids is 2. The highest BCUT2D eigenvalue weighted by molar-refractivity contribution is 9.09. The minimum Gasteiger partial charge on any atom is -0.340 e. The predicted molar refractivity (Wildman–Crippen MR) is 56.6 cm³/mol. The van der Waals surface area contributed by atoms with Crippen molar-refractivity contribution in [1.82, 2.24) is 5.32 Å². The Balaban J connectivity index is 4.98. The Hall–Kier alpha value is -0.730. The molecule has 1 atom stereocenters. The molecule has 0 aliphatic rings. The number of alkyl halides is 6. The molecule has 18 heavy (non-hydrogen) atoms. The molecule has 9 heteroatoms. The standard InChI is InChI=1S/C9H11BrF5NO2/c1-4(2)6(5(17)3-10)16-7(18)8(11,12)9(13,14)15/h4,6H,3H2,1-2H3,(H,16,18). The number of hydrogen-bond donors (Lipinski definition) is 1. The van der Waals surface area contributed by atoms with Crippen LogP contribution in [0.4, 0.5) is 22.0 Å². The van der Waals surface area contributed by atoms with Crippen molar-refractivity contribution in [3.63, 3.8) is 0 Å². The van der Waals surface area contributed by atoms with E-state index in [-0.39, 0.29) is 5.33 Å². The summed E-state index contributed by atoms with van der Waals surface area (Å²) in [7, 11) is 0. The van der Waals surface area contributed by atoms with Crippen LogP contribution in [-0.2, 0) is 9.59 Å². The van der Waals surface area contributed by atoms with Gasteiger partial charge >= 0.3 is 18.0 Å². The normalized spacial score (nSPS) is 14.5. The number of ketones is 1. The zero-order valence-corrected chi connectivity index (χ0v) is 11.0. The van der Waals surface area contributed by atoms with Crippen LogP contribution in [0, 0.1) is 5.92 Å². The maximum absolute atomic E-state index is 12.7. The van der Waals surface area contributed by atoms with Gasteiger partial charge in [-0.25, -0.2) is 0 Å². The van der Waals surface area contributed by atoms with Gasteiger partial charge in [-0.3, -0.25) is 9.59 Å². The Morgan fingerprint density at radius 2 is 1.61 bits per heavy atom. The van der Waals surface area contributed by atoms with Crippen LogP contribution in [-0.4, -0.2) is 35.2 Å². The topological polar surface area (TPSA) is 46.2 Å². The van der Waals surface area contributed by atoms with Crippen molar-refractivity contribution in [1.29, 1.82) is 0 Å². The first-order chi connectivity index (χ1) is 7.95. The maximum atomic E-state index is 12.7. The average molecular weight is 340 g/mol. The van der Waals surface area contributed by atoms with Gasteiger partial charge in [-0.05, 0) is 5.92 Å². The highest BCUT2D eigenvalue weighted by Crippen LogP contribution is 2.35. The smallest absolute Gasteiger partial charge is 0.340 e. The van der Waals surface area contributed by atoms with E-state index in [4.69, 9.17) is 0 Å².